The van der Waals surface area contributed by atoms with Gasteiger partial charge in [-0.15, -0.1) is 0 Å². The van der Waals surface area contributed by atoms with Gasteiger partial charge in [-0.1, -0.05) is 0 Å². The third-order valence-corrected chi connectivity index (χ3v) is 4.47. The number of carboxylic acid groups (broad SMARTS) is 1. The Kier molecular flexibility index (Phi) is 3.11. The molecule has 1 aliphatic carbocycles. The van der Waals surface area contributed by atoms with Crippen LogP contribution in [0, 0.1) is 18.8 Å². The number of hydrogen-bond donors (Lipinski definition) is 2. The van der Waals surface area contributed by atoms with Crippen molar-refractivity contribution in [2.24, 2.45) is 11.8 Å². The number of aliphatic hydroxyl groups excluding tert-OH is 1. The molecular formula is C14H19NO4. The molecule has 0 amide bonds. The first kappa shape index (κ1) is 12.7. The first-order valence-electron chi connectivity index (χ1n) is 6.77. The average molecular weight is 265 g/mol. The third-order valence-electron chi connectivity index (χ3n) is 4.47. The molecule has 3 unspecified atom stereocenters. The molecule has 0 aromatic carbocycles. The maximum atomic E-state index is 11.0. The van der Waals surface area contributed by atoms with E-state index in [2.05, 4.69) is 4.90 Å². The number of aryl methyl sites for hydroxylation is 1. The van der Waals surface area contributed by atoms with Crippen molar-refractivity contribution in [2.75, 3.05) is 13.1 Å². The van der Waals surface area contributed by atoms with Gasteiger partial charge in [0.25, 0.3) is 0 Å². The summed E-state index contributed by atoms with van der Waals surface area (Å²) in [4.78, 5) is 13.2. The Morgan fingerprint density at radius 2 is 2.26 bits per heavy atom. The van der Waals surface area contributed by atoms with E-state index in [1.165, 1.54) is 0 Å². The summed E-state index contributed by atoms with van der Waals surface area (Å²) >= 11 is 0. The molecule has 1 aromatic rings. The van der Waals surface area contributed by atoms with Gasteiger partial charge in [0.15, 0.2) is 0 Å². The SMILES string of the molecule is Cc1oc(CN2CC3CCC(O)C3C2)cc1C(=O)O. The summed E-state index contributed by atoms with van der Waals surface area (Å²) in [6.45, 7) is 4.17. The van der Waals surface area contributed by atoms with Crippen LogP contribution in [-0.2, 0) is 6.54 Å². The molecule has 1 saturated carbocycles. The predicted molar refractivity (Wildman–Crippen MR) is 67.9 cm³/mol. The average Bonchev–Trinajstić information content (AvgIpc) is 2.97. The van der Waals surface area contributed by atoms with Gasteiger partial charge in [-0.25, -0.2) is 4.79 Å². The molecule has 3 atom stereocenters. The molecule has 3 rings (SSSR count). The second kappa shape index (κ2) is 4.65. The lowest BCUT2D eigenvalue weighted by molar-refractivity contribution is 0.0695. The van der Waals surface area contributed by atoms with Gasteiger partial charge in [0.05, 0.1) is 12.6 Å². The van der Waals surface area contributed by atoms with Gasteiger partial charge in [0, 0.05) is 19.0 Å². The molecule has 2 N–H and O–H groups in total. The van der Waals surface area contributed by atoms with Crippen LogP contribution < -0.4 is 0 Å². The highest BCUT2D eigenvalue weighted by Crippen LogP contribution is 2.38. The van der Waals surface area contributed by atoms with Crippen molar-refractivity contribution in [1.29, 1.82) is 0 Å². The van der Waals surface area contributed by atoms with Gasteiger partial charge in [0.2, 0.25) is 0 Å². The van der Waals surface area contributed by atoms with Crippen LogP contribution in [0.2, 0.25) is 0 Å². The molecule has 1 saturated heterocycles. The molecule has 0 spiro atoms. The fourth-order valence-corrected chi connectivity index (χ4v) is 3.51. The van der Waals surface area contributed by atoms with E-state index in [0.29, 0.717) is 29.9 Å². The van der Waals surface area contributed by atoms with Gasteiger partial charge < -0.3 is 14.6 Å². The minimum Gasteiger partial charge on any atom is -0.478 e. The van der Waals surface area contributed by atoms with E-state index >= 15 is 0 Å². The summed E-state index contributed by atoms with van der Waals surface area (Å²) in [7, 11) is 0. The van der Waals surface area contributed by atoms with Crippen LogP contribution in [0.3, 0.4) is 0 Å². The zero-order chi connectivity index (χ0) is 13.6. The number of rotatable bonds is 3. The highest BCUT2D eigenvalue weighted by Gasteiger charge is 2.41. The van der Waals surface area contributed by atoms with Gasteiger partial charge in [-0.2, -0.15) is 0 Å². The molecule has 5 nitrogen and oxygen atoms in total. The number of carboxylic acids is 1. The second-order valence-corrected chi connectivity index (χ2v) is 5.75. The number of nitrogens with zero attached hydrogens (tertiary/aromatic N) is 1. The lowest BCUT2D eigenvalue weighted by atomic mass is 10.00. The lowest BCUT2D eigenvalue weighted by Crippen LogP contribution is -2.24. The fraction of sp³-hybridized carbons (Fsp3) is 0.643. The van der Waals surface area contributed by atoms with Gasteiger partial charge in [-0.05, 0) is 31.7 Å². The van der Waals surface area contributed by atoms with Crippen LogP contribution in [-0.4, -0.2) is 40.3 Å². The van der Waals surface area contributed by atoms with Crippen molar-refractivity contribution in [3.63, 3.8) is 0 Å². The Labute approximate surface area is 111 Å². The molecular weight excluding hydrogens is 246 g/mol. The third kappa shape index (κ3) is 2.28. The number of likely N-dealkylation sites (tertiary alicyclic amines) is 1. The summed E-state index contributed by atoms with van der Waals surface area (Å²) in [5.41, 5.74) is 0.245. The maximum absolute atomic E-state index is 11.0. The summed E-state index contributed by atoms with van der Waals surface area (Å²) in [6.07, 6.45) is 1.86. The first-order valence-corrected chi connectivity index (χ1v) is 6.77. The Morgan fingerprint density at radius 3 is 2.89 bits per heavy atom. The van der Waals surface area contributed by atoms with Crippen LogP contribution in [0.4, 0.5) is 0 Å². The van der Waals surface area contributed by atoms with E-state index in [0.717, 1.165) is 25.9 Å². The maximum Gasteiger partial charge on any atom is 0.339 e. The minimum absolute atomic E-state index is 0.164. The molecule has 104 valence electrons. The van der Waals surface area contributed by atoms with Crippen LogP contribution >= 0.6 is 0 Å². The van der Waals surface area contributed by atoms with E-state index < -0.39 is 5.97 Å². The molecule has 2 aliphatic rings. The van der Waals surface area contributed by atoms with Crippen LogP contribution in [0.15, 0.2) is 10.5 Å². The first-order chi connectivity index (χ1) is 9.04. The lowest BCUT2D eigenvalue weighted by Gasteiger charge is -2.16. The van der Waals surface area contributed by atoms with E-state index in [-0.39, 0.29) is 11.7 Å². The molecule has 0 radical (unpaired) electrons. The fourth-order valence-electron chi connectivity index (χ4n) is 3.51. The van der Waals surface area contributed by atoms with Gasteiger partial charge in [-0.3, -0.25) is 4.90 Å². The van der Waals surface area contributed by atoms with E-state index in [9.17, 15) is 9.90 Å². The summed E-state index contributed by atoms with van der Waals surface area (Å²) in [5, 5.41) is 18.9. The Hall–Kier alpha value is -1.33. The molecule has 5 heteroatoms. The largest absolute Gasteiger partial charge is 0.478 e. The summed E-state index contributed by atoms with van der Waals surface area (Å²) in [5.74, 6) is 1.19. The topological polar surface area (TPSA) is 73.9 Å². The van der Waals surface area contributed by atoms with E-state index in [1.54, 1.807) is 13.0 Å². The zero-order valence-corrected chi connectivity index (χ0v) is 11.0. The molecule has 2 fully saturated rings. The standard InChI is InChI=1S/C14H19NO4/c1-8-11(14(17)18)4-10(19-8)6-15-5-9-2-3-13(16)12(9)7-15/h4,9,12-13,16H,2-3,5-7H2,1H3,(H,17,18). The number of hydrogen-bond acceptors (Lipinski definition) is 4. The minimum atomic E-state index is -0.943. The smallest absolute Gasteiger partial charge is 0.339 e. The number of furan rings is 1. The van der Waals surface area contributed by atoms with Crippen molar-refractivity contribution in [3.8, 4) is 0 Å². The molecule has 1 aliphatic heterocycles. The van der Waals surface area contributed by atoms with E-state index in [4.69, 9.17) is 9.52 Å². The number of carbonyl (C=O) groups is 1. The van der Waals surface area contributed by atoms with Crippen molar-refractivity contribution >= 4 is 5.97 Å². The Bertz CT molecular complexity index is 496. The van der Waals surface area contributed by atoms with Crippen molar-refractivity contribution in [2.45, 2.75) is 32.4 Å². The summed E-state index contributed by atoms with van der Waals surface area (Å²) in [6, 6.07) is 1.61. The van der Waals surface area contributed by atoms with E-state index in [1.807, 2.05) is 0 Å². The number of fused-ring (bicyclic) bond motifs is 1. The number of aromatic carboxylic acids is 1. The van der Waals surface area contributed by atoms with Crippen LogP contribution in [0.5, 0.6) is 0 Å². The van der Waals surface area contributed by atoms with Crippen molar-refractivity contribution in [3.05, 3.63) is 23.2 Å². The van der Waals surface area contributed by atoms with Crippen molar-refractivity contribution < 1.29 is 19.4 Å². The highest BCUT2D eigenvalue weighted by atomic mass is 16.4. The normalized spacial score (nSPS) is 30.7. The van der Waals surface area contributed by atoms with Gasteiger partial charge >= 0.3 is 5.97 Å². The molecule has 0 bridgehead atoms. The van der Waals surface area contributed by atoms with Gasteiger partial charge in [0.1, 0.15) is 17.1 Å². The van der Waals surface area contributed by atoms with Crippen LogP contribution in [0.25, 0.3) is 0 Å². The second-order valence-electron chi connectivity index (χ2n) is 5.75. The molecule has 19 heavy (non-hydrogen) atoms. The highest BCUT2D eigenvalue weighted by molar-refractivity contribution is 5.88. The van der Waals surface area contributed by atoms with Crippen molar-refractivity contribution in [1.82, 2.24) is 4.90 Å². The number of aliphatic hydroxyl groups is 1. The Morgan fingerprint density at radius 1 is 1.47 bits per heavy atom. The van der Waals surface area contributed by atoms with Crippen LogP contribution in [0.1, 0.15) is 34.7 Å². The molecule has 1 aromatic heterocycles. The summed E-state index contributed by atoms with van der Waals surface area (Å²) < 4.78 is 5.50. The predicted octanol–water partition coefficient (Wildman–Crippen LogP) is 1.49. The monoisotopic (exact) mass is 265 g/mol. The Balaban J connectivity index is 1.67. The quantitative estimate of drug-likeness (QED) is 0.866. The molecule has 2 heterocycles. The zero-order valence-electron chi connectivity index (χ0n) is 11.0.